The highest BCUT2D eigenvalue weighted by molar-refractivity contribution is 7.71. The Kier molecular flexibility index (Phi) is 5.21. The predicted octanol–water partition coefficient (Wildman–Crippen LogP) is 3.94. The number of halogens is 1. The Bertz CT molecular complexity index is 1120. The summed E-state index contributed by atoms with van der Waals surface area (Å²) in [6.45, 7) is 1.79. The summed E-state index contributed by atoms with van der Waals surface area (Å²) >= 11 is 11.8. The number of nitrogens with zero attached hydrogens (tertiary/aromatic N) is 2. The van der Waals surface area contributed by atoms with E-state index in [9.17, 15) is 4.79 Å². The van der Waals surface area contributed by atoms with Gasteiger partial charge in [0, 0.05) is 13.1 Å². The molecule has 0 radical (unpaired) electrons. The summed E-state index contributed by atoms with van der Waals surface area (Å²) in [5, 5.41) is 3.92. The van der Waals surface area contributed by atoms with E-state index in [-0.39, 0.29) is 5.56 Å². The van der Waals surface area contributed by atoms with Crippen molar-refractivity contribution in [1.29, 1.82) is 0 Å². The smallest absolute Gasteiger partial charge is 0.258 e. The number of hydrogen-bond donors (Lipinski definition) is 2. The molecule has 0 bridgehead atoms. The number of aromatic amines is 1. The maximum atomic E-state index is 12.6. The Morgan fingerprint density at radius 1 is 1.18 bits per heavy atom. The maximum Gasteiger partial charge on any atom is 0.258 e. The van der Waals surface area contributed by atoms with Gasteiger partial charge in [0.2, 0.25) is 0 Å². The van der Waals surface area contributed by atoms with Gasteiger partial charge in [-0.2, -0.15) is 0 Å². The van der Waals surface area contributed by atoms with Crippen LogP contribution in [0.2, 0.25) is 5.02 Å². The maximum absolute atomic E-state index is 12.6. The van der Waals surface area contributed by atoms with Gasteiger partial charge in [-0.1, -0.05) is 35.9 Å². The van der Waals surface area contributed by atoms with Gasteiger partial charge in [-0.15, -0.1) is 0 Å². The van der Waals surface area contributed by atoms with Gasteiger partial charge in [0.05, 0.1) is 30.1 Å². The molecule has 3 aromatic rings. The molecular weight excluding hydrogens is 396 g/mol. The van der Waals surface area contributed by atoms with Crippen molar-refractivity contribution in [2.24, 2.45) is 0 Å². The second kappa shape index (κ2) is 7.79. The molecule has 0 saturated heterocycles. The molecule has 0 fully saturated rings. The number of hydrogen-bond acceptors (Lipinski definition) is 5. The summed E-state index contributed by atoms with van der Waals surface area (Å²) in [6, 6.07) is 15.3. The molecule has 0 aliphatic carbocycles. The number of aromatic nitrogens is 2. The third-order valence-corrected chi connectivity index (χ3v) is 5.32. The Morgan fingerprint density at radius 3 is 2.64 bits per heavy atom. The molecular formula is C20H19ClN4O2S. The number of para-hydroxylation sites is 1. The lowest BCUT2D eigenvalue weighted by atomic mass is 10.1. The average Bonchev–Trinajstić information content (AvgIpc) is 2.70. The van der Waals surface area contributed by atoms with Crippen molar-refractivity contribution < 1.29 is 4.74 Å². The van der Waals surface area contributed by atoms with Crippen molar-refractivity contribution in [3.05, 3.63) is 79.8 Å². The Hall–Kier alpha value is -2.61. The van der Waals surface area contributed by atoms with E-state index in [4.69, 9.17) is 28.6 Å². The lowest BCUT2D eigenvalue weighted by Crippen LogP contribution is -2.38. The fourth-order valence-electron chi connectivity index (χ4n) is 3.34. The number of fused-ring (bicyclic) bond motifs is 1. The lowest BCUT2D eigenvalue weighted by molar-refractivity contribution is 0.263. The second-order valence-corrected chi connectivity index (χ2v) is 7.34. The molecule has 8 heteroatoms. The molecule has 0 saturated carbocycles. The topological polar surface area (TPSA) is 62.3 Å². The molecule has 1 aromatic heterocycles. The van der Waals surface area contributed by atoms with E-state index in [0.29, 0.717) is 40.9 Å². The number of ether oxygens (including phenoxy) is 1. The highest BCUT2D eigenvalue weighted by Crippen LogP contribution is 2.28. The first kappa shape index (κ1) is 18.7. The number of anilines is 1. The number of rotatable bonds is 4. The highest BCUT2D eigenvalue weighted by Gasteiger charge is 2.23. The van der Waals surface area contributed by atoms with Crippen LogP contribution in [0.5, 0.6) is 5.75 Å². The van der Waals surface area contributed by atoms with Crippen LogP contribution < -0.4 is 15.6 Å². The van der Waals surface area contributed by atoms with Gasteiger partial charge in [0.1, 0.15) is 11.6 Å². The lowest BCUT2D eigenvalue weighted by Gasteiger charge is -2.31. The molecule has 0 atom stereocenters. The van der Waals surface area contributed by atoms with Crippen LogP contribution in [0, 0.1) is 4.77 Å². The zero-order valence-electron chi connectivity index (χ0n) is 15.2. The van der Waals surface area contributed by atoms with Gasteiger partial charge in [0.15, 0.2) is 4.77 Å². The van der Waals surface area contributed by atoms with Crippen LogP contribution in [0.1, 0.15) is 11.1 Å². The normalized spacial score (nSPS) is 13.6. The van der Waals surface area contributed by atoms with E-state index >= 15 is 0 Å². The van der Waals surface area contributed by atoms with Crippen LogP contribution in [0.15, 0.2) is 53.3 Å². The van der Waals surface area contributed by atoms with Crippen LogP contribution in [0.3, 0.4) is 0 Å². The van der Waals surface area contributed by atoms with E-state index in [0.717, 1.165) is 17.0 Å². The number of benzene rings is 2. The van der Waals surface area contributed by atoms with E-state index < -0.39 is 0 Å². The fourth-order valence-corrected chi connectivity index (χ4v) is 3.84. The molecule has 28 heavy (non-hydrogen) atoms. The van der Waals surface area contributed by atoms with Crippen molar-refractivity contribution in [3.63, 3.8) is 0 Å². The quantitative estimate of drug-likeness (QED) is 0.633. The summed E-state index contributed by atoms with van der Waals surface area (Å²) in [6.07, 6.45) is 0. The Balaban J connectivity index is 1.67. The second-order valence-electron chi connectivity index (χ2n) is 6.54. The van der Waals surface area contributed by atoms with Crippen LogP contribution in [0.4, 0.5) is 5.82 Å². The van der Waals surface area contributed by atoms with Crippen molar-refractivity contribution in [2.75, 3.05) is 19.1 Å². The average molecular weight is 415 g/mol. The van der Waals surface area contributed by atoms with Gasteiger partial charge >= 0.3 is 0 Å². The van der Waals surface area contributed by atoms with E-state index in [2.05, 4.69) is 15.2 Å². The first-order valence-electron chi connectivity index (χ1n) is 8.79. The minimum Gasteiger partial charge on any atom is -0.497 e. The summed E-state index contributed by atoms with van der Waals surface area (Å²) in [5.41, 5.74) is 2.32. The highest BCUT2D eigenvalue weighted by atomic mass is 35.5. The Labute approximate surface area is 172 Å². The molecule has 0 unspecified atom stereocenters. The number of nitrogens with one attached hydrogen (secondary N) is 2. The van der Waals surface area contributed by atoms with Crippen LogP contribution >= 0.6 is 23.8 Å². The van der Waals surface area contributed by atoms with Crippen molar-refractivity contribution in [1.82, 2.24) is 14.5 Å². The molecule has 0 amide bonds. The minimum absolute atomic E-state index is 0.185. The Morgan fingerprint density at radius 2 is 1.93 bits per heavy atom. The molecule has 2 aromatic carbocycles. The largest absolute Gasteiger partial charge is 0.497 e. The summed E-state index contributed by atoms with van der Waals surface area (Å²) in [4.78, 5) is 17.5. The standard InChI is InChI=1S/C20H19ClN4O2S/c1-27-14-8-6-13(7-9-14)10-24-11-15-18(22-12-24)25(20(28)23-19(15)26)17-5-3-2-4-16(17)21/h2-9,22H,10-12H2,1H3,(H,23,26,28). The predicted molar refractivity (Wildman–Crippen MR) is 113 cm³/mol. The molecule has 0 spiro atoms. The van der Waals surface area contributed by atoms with Gasteiger partial charge in [-0.05, 0) is 42.0 Å². The molecule has 144 valence electrons. The SMILES string of the molecule is COc1ccc(CN2CNc3c(c(=O)[nH]c(=S)n3-c3ccccc3Cl)C2)cc1. The number of H-pyrrole nitrogens is 1. The van der Waals surface area contributed by atoms with E-state index in [1.807, 2.05) is 42.5 Å². The molecule has 2 N–H and O–H groups in total. The van der Waals surface area contributed by atoms with Gasteiger partial charge < -0.3 is 10.1 Å². The first-order chi connectivity index (χ1) is 13.6. The third kappa shape index (κ3) is 3.56. The summed E-state index contributed by atoms with van der Waals surface area (Å²) in [7, 11) is 1.65. The third-order valence-electron chi connectivity index (χ3n) is 4.72. The molecule has 6 nitrogen and oxygen atoms in total. The molecule has 1 aliphatic heterocycles. The molecule has 4 rings (SSSR count). The van der Waals surface area contributed by atoms with Gasteiger partial charge in [0.25, 0.3) is 5.56 Å². The fraction of sp³-hybridized carbons (Fsp3) is 0.200. The first-order valence-corrected chi connectivity index (χ1v) is 9.57. The zero-order chi connectivity index (χ0) is 19.7. The van der Waals surface area contributed by atoms with Crippen LogP contribution in [-0.4, -0.2) is 28.2 Å². The van der Waals surface area contributed by atoms with Crippen LogP contribution in [0.25, 0.3) is 5.69 Å². The van der Waals surface area contributed by atoms with Crippen molar-refractivity contribution in [3.8, 4) is 11.4 Å². The van der Waals surface area contributed by atoms with Crippen LogP contribution in [-0.2, 0) is 13.1 Å². The molecule has 2 heterocycles. The minimum atomic E-state index is -0.185. The summed E-state index contributed by atoms with van der Waals surface area (Å²) < 4.78 is 7.31. The summed E-state index contributed by atoms with van der Waals surface area (Å²) in [5.74, 6) is 1.51. The zero-order valence-corrected chi connectivity index (χ0v) is 16.8. The monoisotopic (exact) mass is 414 g/mol. The van der Waals surface area contributed by atoms with E-state index in [1.54, 1.807) is 17.7 Å². The van der Waals surface area contributed by atoms with E-state index in [1.165, 1.54) is 0 Å². The van der Waals surface area contributed by atoms with Gasteiger partial charge in [-0.3, -0.25) is 19.2 Å². The van der Waals surface area contributed by atoms with Crippen molar-refractivity contribution in [2.45, 2.75) is 13.1 Å². The molecule has 1 aliphatic rings. The number of methoxy groups -OCH3 is 1. The van der Waals surface area contributed by atoms with Crippen molar-refractivity contribution >= 4 is 29.6 Å². The van der Waals surface area contributed by atoms with Gasteiger partial charge in [-0.25, -0.2) is 0 Å².